The van der Waals surface area contributed by atoms with Gasteiger partial charge in [-0.15, -0.1) is 0 Å². The second-order valence-corrected chi connectivity index (χ2v) is 29.3. The quantitative estimate of drug-likeness (QED) is 0.0848. The smallest absolute Gasteiger partial charge is 0.160 e. The van der Waals surface area contributed by atoms with Crippen LogP contribution < -0.4 is 19.6 Å². The molecule has 0 atom stereocenters. The standard InChI is InChI=1S/C56H38N4O.C54H39N3/c1-3-14-45(15-4-1)59(47-26-19-39(20-27-47)43-12-9-35-57-37-43)48-30-23-42(24-31-48)50-33-34-53(56-54(50)52-32-25-41-11-7-8-18-51(41)55(52)61-56)60(46-16-5-2-6-17-46)49-28-21-40(22-29-49)44-13-10-36-58-38-44;1-6-16-44(17-7-1)55(45-18-8-2-9-19-45)49-32-26-40(27-33-49)42-30-36-53-51(38-42)52-39-43(31-37-54(52)57(53)48-24-14-5-15-25-48)41-28-34-50(35-29-41)56(46-20-10-3-11-21-46)47-22-12-4-13-23-47/h1-38H;1-39H. The van der Waals surface area contributed by atoms with Gasteiger partial charge in [-0.2, -0.15) is 0 Å². The number of furan rings is 1. The van der Waals surface area contributed by atoms with Crippen molar-refractivity contribution in [2.45, 2.75) is 0 Å². The van der Waals surface area contributed by atoms with Crippen LogP contribution in [0.25, 0.3) is 116 Å². The van der Waals surface area contributed by atoms with Crippen LogP contribution in [0.2, 0.25) is 0 Å². The van der Waals surface area contributed by atoms with Crippen LogP contribution in [0.15, 0.2) is 472 Å². The SMILES string of the molecule is c1ccc(N(c2ccc(-c3cccnc3)cc2)c2ccc(-c3ccc(N(c4ccccc4)c4ccc(-c5cccnc5)cc4)c4oc5c6ccccc6ccc5c34)cc2)cc1.c1ccc(N(c2ccccc2)c2ccc(-c3ccc4c(c3)c3cc(-c5ccc(N(c6ccccc6)c6ccccc6)cc5)ccc3n4-c3ccccc3)cc2)cc1. The van der Waals surface area contributed by atoms with E-state index < -0.39 is 0 Å². The zero-order valence-electron chi connectivity index (χ0n) is 64.5. The first-order valence-corrected chi connectivity index (χ1v) is 39.9. The third-order valence-corrected chi connectivity index (χ3v) is 22.2. The lowest BCUT2D eigenvalue weighted by Crippen LogP contribution is -2.10. The molecule has 558 valence electrons. The van der Waals surface area contributed by atoms with E-state index in [1.165, 1.54) is 44.1 Å². The van der Waals surface area contributed by atoms with E-state index in [1.807, 2.05) is 24.5 Å². The van der Waals surface area contributed by atoms with Gasteiger partial charge in [0.05, 0.1) is 16.7 Å². The summed E-state index contributed by atoms with van der Waals surface area (Å²) in [5, 5.41) is 6.83. The average Bonchev–Trinajstić information content (AvgIpc) is 1.58. The predicted molar refractivity (Wildman–Crippen MR) is 494 cm³/mol. The fourth-order valence-corrected chi connectivity index (χ4v) is 16.5. The largest absolute Gasteiger partial charge is 0.453 e. The molecule has 0 amide bonds. The van der Waals surface area contributed by atoms with Gasteiger partial charge in [-0.1, -0.05) is 249 Å². The molecular formula is C110H77N7O. The maximum absolute atomic E-state index is 7.13. The minimum absolute atomic E-state index is 0.827. The van der Waals surface area contributed by atoms with E-state index in [1.54, 1.807) is 12.4 Å². The van der Waals surface area contributed by atoms with Gasteiger partial charge >= 0.3 is 0 Å². The first-order chi connectivity index (χ1) is 58.5. The molecule has 8 nitrogen and oxygen atoms in total. The highest BCUT2D eigenvalue weighted by atomic mass is 16.3. The van der Waals surface area contributed by atoms with Crippen molar-refractivity contribution in [3.63, 3.8) is 0 Å². The van der Waals surface area contributed by atoms with Crippen molar-refractivity contribution >= 4 is 123 Å². The highest BCUT2D eigenvalue weighted by molar-refractivity contribution is 6.22. The summed E-state index contributed by atoms with van der Waals surface area (Å²) < 4.78 is 9.52. The van der Waals surface area contributed by atoms with Crippen LogP contribution >= 0.6 is 0 Å². The van der Waals surface area contributed by atoms with Crippen molar-refractivity contribution in [3.05, 3.63) is 468 Å². The Labute approximate surface area is 685 Å². The van der Waals surface area contributed by atoms with Gasteiger partial charge in [0, 0.05) is 120 Å². The number of hydrogen-bond donors (Lipinski definition) is 0. The molecule has 118 heavy (non-hydrogen) atoms. The zero-order valence-corrected chi connectivity index (χ0v) is 64.5. The van der Waals surface area contributed by atoms with E-state index >= 15 is 0 Å². The molecule has 0 spiro atoms. The van der Waals surface area contributed by atoms with Gasteiger partial charge in [0.15, 0.2) is 5.58 Å². The van der Waals surface area contributed by atoms with E-state index in [0.717, 1.165) is 140 Å². The van der Waals surface area contributed by atoms with E-state index in [2.05, 4.69) is 465 Å². The summed E-state index contributed by atoms with van der Waals surface area (Å²) in [5.74, 6) is 0. The molecule has 0 bridgehead atoms. The van der Waals surface area contributed by atoms with Crippen LogP contribution in [-0.2, 0) is 0 Å². The second kappa shape index (κ2) is 31.9. The van der Waals surface area contributed by atoms with Crippen LogP contribution in [0, 0.1) is 0 Å². The Morgan fingerprint density at radius 1 is 0.212 bits per heavy atom. The fraction of sp³-hybridized carbons (Fsp3) is 0. The van der Waals surface area contributed by atoms with Crippen molar-refractivity contribution in [3.8, 4) is 61.3 Å². The summed E-state index contributed by atoms with van der Waals surface area (Å²) in [6, 6.07) is 157. The van der Waals surface area contributed by atoms with Gasteiger partial charge in [-0.05, 0) is 255 Å². The summed E-state index contributed by atoms with van der Waals surface area (Å²) in [6.07, 6.45) is 7.41. The zero-order chi connectivity index (χ0) is 78.5. The molecular weight excluding hydrogens is 1440 g/mol. The molecule has 0 aliphatic rings. The van der Waals surface area contributed by atoms with Gasteiger partial charge in [0.2, 0.25) is 0 Å². The van der Waals surface area contributed by atoms with E-state index in [-0.39, 0.29) is 0 Å². The molecule has 0 saturated heterocycles. The van der Waals surface area contributed by atoms with Gasteiger partial charge in [-0.3, -0.25) is 9.97 Å². The van der Waals surface area contributed by atoms with E-state index in [9.17, 15) is 0 Å². The summed E-state index contributed by atoms with van der Waals surface area (Å²) in [4.78, 5) is 17.9. The third-order valence-electron chi connectivity index (χ3n) is 22.2. The number of fused-ring (bicyclic) bond motifs is 8. The molecule has 0 N–H and O–H groups in total. The van der Waals surface area contributed by atoms with E-state index in [0.29, 0.717) is 0 Å². The summed E-state index contributed by atoms with van der Waals surface area (Å²) >= 11 is 0. The van der Waals surface area contributed by atoms with Gasteiger partial charge in [-0.25, -0.2) is 0 Å². The number of nitrogens with zero attached hydrogens (tertiary/aromatic N) is 7. The summed E-state index contributed by atoms with van der Waals surface area (Å²) in [5.41, 5.74) is 29.5. The molecule has 0 saturated carbocycles. The number of rotatable bonds is 18. The highest BCUT2D eigenvalue weighted by Crippen LogP contribution is 2.49. The molecule has 0 aliphatic heterocycles. The van der Waals surface area contributed by atoms with Crippen molar-refractivity contribution in [1.82, 2.24) is 14.5 Å². The van der Waals surface area contributed by atoms with Crippen LogP contribution in [-0.4, -0.2) is 14.5 Å². The van der Waals surface area contributed by atoms with Crippen LogP contribution in [0.4, 0.5) is 68.2 Å². The molecule has 4 aromatic heterocycles. The second-order valence-electron chi connectivity index (χ2n) is 29.3. The number of benzene rings is 17. The third kappa shape index (κ3) is 14.0. The Hall–Kier alpha value is -15.9. The monoisotopic (exact) mass is 1510 g/mol. The highest BCUT2D eigenvalue weighted by Gasteiger charge is 2.25. The predicted octanol–water partition coefficient (Wildman–Crippen LogP) is 30.5. The normalized spacial score (nSPS) is 11.2. The molecule has 21 aromatic rings. The van der Waals surface area contributed by atoms with Crippen molar-refractivity contribution in [1.29, 1.82) is 0 Å². The first kappa shape index (κ1) is 71.2. The summed E-state index contributed by atoms with van der Waals surface area (Å²) in [6.45, 7) is 0. The minimum atomic E-state index is 0.827. The average molecular weight is 1510 g/mol. The Morgan fingerprint density at radius 2 is 0.542 bits per heavy atom. The minimum Gasteiger partial charge on any atom is -0.453 e. The van der Waals surface area contributed by atoms with Crippen molar-refractivity contribution in [2.24, 2.45) is 0 Å². The molecule has 0 unspecified atom stereocenters. The first-order valence-electron chi connectivity index (χ1n) is 39.9. The number of aromatic nitrogens is 3. The molecule has 4 heterocycles. The fourth-order valence-electron chi connectivity index (χ4n) is 16.5. The molecule has 21 rings (SSSR count). The van der Waals surface area contributed by atoms with E-state index in [4.69, 9.17) is 4.42 Å². The topological polar surface area (TPSA) is 56.8 Å². The van der Waals surface area contributed by atoms with Crippen LogP contribution in [0.1, 0.15) is 0 Å². The maximum atomic E-state index is 7.13. The Morgan fingerprint density at radius 3 is 0.932 bits per heavy atom. The van der Waals surface area contributed by atoms with Gasteiger partial charge in [0.1, 0.15) is 5.58 Å². The summed E-state index contributed by atoms with van der Waals surface area (Å²) in [7, 11) is 0. The lowest BCUT2D eigenvalue weighted by molar-refractivity contribution is 0.673. The molecule has 0 aliphatic carbocycles. The molecule has 0 radical (unpaired) electrons. The maximum Gasteiger partial charge on any atom is 0.160 e. The van der Waals surface area contributed by atoms with Gasteiger partial charge < -0.3 is 28.6 Å². The lowest BCUT2D eigenvalue weighted by atomic mass is 9.96. The van der Waals surface area contributed by atoms with Crippen LogP contribution in [0.5, 0.6) is 0 Å². The number of anilines is 12. The Balaban J connectivity index is 0.000000152. The number of hydrogen-bond acceptors (Lipinski definition) is 7. The van der Waals surface area contributed by atoms with Gasteiger partial charge in [0.25, 0.3) is 0 Å². The molecule has 8 heteroatoms. The van der Waals surface area contributed by atoms with Crippen molar-refractivity contribution < 1.29 is 4.42 Å². The van der Waals surface area contributed by atoms with Crippen molar-refractivity contribution in [2.75, 3.05) is 19.6 Å². The van der Waals surface area contributed by atoms with Crippen LogP contribution in [0.3, 0.4) is 0 Å². The number of para-hydroxylation sites is 7. The number of pyridine rings is 2. The molecule has 0 fully saturated rings. The lowest BCUT2D eigenvalue weighted by Gasteiger charge is -2.26. The Kier molecular flexibility index (Phi) is 19.3. The Bertz CT molecular complexity index is 6760. The molecule has 17 aromatic carbocycles.